The highest BCUT2D eigenvalue weighted by atomic mass is 32.1. The molecule has 3 nitrogen and oxygen atoms in total. The van der Waals surface area contributed by atoms with Crippen LogP contribution < -0.4 is 5.73 Å². The van der Waals surface area contributed by atoms with Crippen LogP contribution in [0.4, 0.5) is 0 Å². The summed E-state index contributed by atoms with van der Waals surface area (Å²) in [5, 5.41) is 0. The van der Waals surface area contributed by atoms with E-state index in [9.17, 15) is 4.79 Å². The summed E-state index contributed by atoms with van der Waals surface area (Å²) in [5.74, 6) is -0.312. The van der Waals surface area contributed by atoms with E-state index in [1.165, 1.54) is 0 Å². The molecule has 108 valence electrons. The van der Waals surface area contributed by atoms with E-state index in [4.69, 9.17) is 22.7 Å². The van der Waals surface area contributed by atoms with Crippen LogP contribution in [0.5, 0.6) is 0 Å². The Morgan fingerprint density at radius 2 is 1.67 bits per heavy atom. The molecule has 0 aliphatic heterocycles. The molecule has 0 bridgehead atoms. The van der Waals surface area contributed by atoms with Crippen molar-refractivity contribution in [2.24, 2.45) is 5.73 Å². The summed E-state index contributed by atoms with van der Waals surface area (Å²) in [7, 11) is 0. The molecule has 0 radical (unpaired) electrons. The van der Waals surface area contributed by atoms with Crippen molar-refractivity contribution in [1.29, 1.82) is 0 Å². The number of thiocarbonyl (C=S) groups is 1. The average Bonchev–Trinajstić information content (AvgIpc) is 2.48. The molecule has 2 aromatic rings. The molecule has 0 amide bonds. The van der Waals surface area contributed by atoms with Crippen molar-refractivity contribution in [3.63, 3.8) is 0 Å². The Morgan fingerprint density at radius 3 is 2.29 bits per heavy atom. The Balaban J connectivity index is 1.84. The first-order chi connectivity index (χ1) is 10.1. The lowest BCUT2D eigenvalue weighted by atomic mass is 10.1. The van der Waals surface area contributed by atoms with Gasteiger partial charge in [0.05, 0.1) is 17.2 Å². The smallest absolute Gasteiger partial charge is 0.338 e. The van der Waals surface area contributed by atoms with Gasteiger partial charge >= 0.3 is 5.97 Å². The molecule has 4 heteroatoms. The topological polar surface area (TPSA) is 52.3 Å². The molecule has 0 atom stereocenters. The molecule has 0 fully saturated rings. The van der Waals surface area contributed by atoms with Crippen LogP contribution in [-0.2, 0) is 17.6 Å². The third kappa shape index (κ3) is 5.00. The van der Waals surface area contributed by atoms with Gasteiger partial charge in [0, 0.05) is 12.8 Å². The SMILES string of the molecule is NC(=S)Cc1ccc(C(=O)OCCc2ccccc2)cc1. The summed E-state index contributed by atoms with van der Waals surface area (Å²) < 4.78 is 5.26. The van der Waals surface area contributed by atoms with Crippen LogP contribution >= 0.6 is 12.2 Å². The second kappa shape index (κ2) is 7.55. The zero-order valence-electron chi connectivity index (χ0n) is 11.6. The van der Waals surface area contributed by atoms with E-state index in [1.807, 2.05) is 42.5 Å². The van der Waals surface area contributed by atoms with Gasteiger partial charge in [0.25, 0.3) is 0 Å². The Hall–Kier alpha value is -2.20. The van der Waals surface area contributed by atoms with Crippen molar-refractivity contribution in [2.75, 3.05) is 6.61 Å². The zero-order valence-corrected chi connectivity index (χ0v) is 12.4. The molecule has 2 aromatic carbocycles. The molecule has 2 rings (SSSR count). The predicted molar refractivity (Wildman–Crippen MR) is 87.4 cm³/mol. The number of hydrogen-bond acceptors (Lipinski definition) is 3. The number of rotatable bonds is 6. The molecular formula is C17H17NO2S. The predicted octanol–water partition coefficient (Wildman–Crippen LogP) is 2.91. The van der Waals surface area contributed by atoms with Crippen molar-refractivity contribution in [1.82, 2.24) is 0 Å². The number of ether oxygens (including phenoxy) is 1. The van der Waals surface area contributed by atoms with Gasteiger partial charge in [-0.3, -0.25) is 0 Å². The van der Waals surface area contributed by atoms with Crippen molar-refractivity contribution >= 4 is 23.2 Å². The lowest BCUT2D eigenvalue weighted by molar-refractivity contribution is 0.0509. The maximum atomic E-state index is 11.9. The van der Waals surface area contributed by atoms with Crippen LogP contribution in [0.2, 0.25) is 0 Å². The first-order valence-electron chi connectivity index (χ1n) is 6.73. The second-order valence-corrected chi connectivity index (χ2v) is 5.24. The first kappa shape index (κ1) is 15.2. The standard InChI is InChI=1S/C17H17NO2S/c18-16(21)12-14-6-8-15(9-7-14)17(19)20-11-10-13-4-2-1-3-5-13/h1-9H,10-12H2,(H2,18,21). The number of carbonyl (C=O) groups excluding carboxylic acids is 1. The third-order valence-electron chi connectivity index (χ3n) is 3.03. The summed E-state index contributed by atoms with van der Waals surface area (Å²) in [6.07, 6.45) is 1.25. The van der Waals surface area contributed by atoms with E-state index >= 15 is 0 Å². The van der Waals surface area contributed by atoms with Crippen molar-refractivity contribution in [2.45, 2.75) is 12.8 Å². The fourth-order valence-electron chi connectivity index (χ4n) is 1.95. The molecule has 0 aliphatic rings. The number of esters is 1. The van der Waals surface area contributed by atoms with E-state index < -0.39 is 0 Å². The number of nitrogens with two attached hydrogens (primary N) is 1. The summed E-state index contributed by atoms with van der Waals surface area (Å²) in [6, 6.07) is 17.1. The van der Waals surface area contributed by atoms with Gasteiger partial charge in [0.1, 0.15) is 0 Å². The summed E-state index contributed by atoms with van der Waals surface area (Å²) >= 11 is 4.85. The van der Waals surface area contributed by atoms with Crippen LogP contribution in [0.15, 0.2) is 54.6 Å². The fraction of sp³-hybridized carbons (Fsp3) is 0.176. The highest BCUT2D eigenvalue weighted by Crippen LogP contribution is 2.08. The largest absolute Gasteiger partial charge is 0.462 e. The quantitative estimate of drug-likeness (QED) is 0.658. The van der Waals surface area contributed by atoms with Crippen LogP contribution in [0, 0.1) is 0 Å². The molecule has 21 heavy (non-hydrogen) atoms. The number of benzene rings is 2. The Bertz CT molecular complexity index is 608. The normalized spacial score (nSPS) is 10.1. The monoisotopic (exact) mass is 299 g/mol. The highest BCUT2D eigenvalue weighted by Gasteiger charge is 2.07. The molecule has 0 saturated carbocycles. The van der Waals surface area contributed by atoms with Gasteiger partial charge in [-0.05, 0) is 23.3 Å². The zero-order chi connectivity index (χ0) is 15.1. The van der Waals surface area contributed by atoms with Gasteiger partial charge in [0.2, 0.25) is 0 Å². The van der Waals surface area contributed by atoms with Gasteiger partial charge in [0.15, 0.2) is 0 Å². The molecule has 0 saturated heterocycles. The Morgan fingerprint density at radius 1 is 1.00 bits per heavy atom. The molecule has 0 spiro atoms. The van der Waals surface area contributed by atoms with Gasteiger partial charge < -0.3 is 10.5 Å². The van der Waals surface area contributed by atoms with E-state index in [0.717, 1.165) is 11.1 Å². The molecule has 0 heterocycles. The Labute approximate surface area is 129 Å². The van der Waals surface area contributed by atoms with Crippen LogP contribution in [0.25, 0.3) is 0 Å². The molecule has 2 N–H and O–H groups in total. The number of hydrogen-bond donors (Lipinski definition) is 1. The van der Waals surface area contributed by atoms with Gasteiger partial charge in [-0.2, -0.15) is 0 Å². The molecule has 0 aliphatic carbocycles. The van der Waals surface area contributed by atoms with E-state index in [2.05, 4.69) is 0 Å². The summed E-state index contributed by atoms with van der Waals surface area (Å²) in [4.78, 5) is 12.3. The van der Waals surface area contributed by atoms with E-state index in [1.54, 1.807) is 12.1 Å². The van der Waals surface area contributed by atoms with Gasteiger partial charge in [-0.15, -0.1) is 0 Å². The molecular weight excluding hydrogens is 282 g/mol. The lowest BCUT2D eigenvalue weighted by Crippen LogP contribution is -2.11. The van der Waals surface area contributed by atoms with Crippen LogP contribution in [-0.4, -0.2) is 17.6 Å². The fourth-order valence-corrected chi connectivity index (χ4v) is 2.12. The van der Waals surface area contributed by atoms with E-state index in [-0.39, 0.29) is 5.97 Å². The van der Waals surface area contributed by atoms with Gasteiger partial charge in [-0.1, -0.05) is 54.7 Å². The molecule has 0 unspecified atom stereocenters. The minimum Gasteiger partial charge on any atom is -0.462 e. The second-order valence-electron chi connectivity index (χ2n) is 4.71. The minimum atomic E-state index is -0.312. The van der Waals surface area contributed by atoms with Crippen molar-refractivity contribution < 1.29 is 9.53 Å². The lowest BCUT2D eigenvalue weighted by Gasteiger charge is -2.06. The van der Waals surface area contributed by atoms with Crippen molar-refractivity contribution in [3.05, 3.63) is 71.3 Å². The first-order valence-corrected chi connectivity index (χ1v) is 7.14. The third-order valence-corrected chi connectivity index (χ3v) is 3.18. The maximum Gasteiger partial charge on any atom is 0.338 e. The highest BCUT2D eigenvalue weighted by molar-refractivity contribution is 7.80. The summed E-state index contributed by atoms with van der Waals surface area (Å²) in [5.41, 5.74) is 8.16. The number of carbonyl (C=O) groups is 1. The summed E-state index contributed by atoms with van der Waals surface area (Å²) in [6.45, 7) is 0.373. The van der Waals surface area contributed by atoms with Gasteiger partial charge in [-0.25, -0.2) is 4.79 Å². The molecule has 0 aromatic heterocycles. The van der Waals surface area contributed by atoms with Crippen molar-refractivity contribution in [3.8, 4) is 0 Å². The van der Waals surface area contributed by atoms with Crippen LogP contribution in [0.1, 0.15) is 21.5 Å². The minimum absolute atomic E-state index is 0.312. The Kier molecular flexibility index (Phi) is 5.46. The maximum absolute atomic E-state index is 11.9. The average molecular weight is 299 g/mol. The van der Waals surface area contributed by atoms with Crippen LogP contribution in [0.3, 0.4) is 0 Å². The van der Waals surface area contributed by atoms with E-state index in [0.29, 0.717) is 30.0 Å².